The number of hydrogen-bond donors (Lipinski definition) is 2. The van der Waals surface area contributed by atoms with Crippen LogP contribution < -0.4 is 9.47 Å². The maximum Gasteiger partial charge on any atom is 0.273 e. The molecule has 1 aliphatic heterocycles. The second-order valence-corrected chi connectivity index (χ2v) is 8.00. The Morgan fingerprint density at radius 3 is 2.64 bits per heavy atom. The molecule has 4 rings (SSSR count). The predicted molar refractivity (Wildman–Crippen MR) is 127 cm³/mol. The summed E-state index contributed by atoms with van der Waals surface area (Å²) in [5.41, 5.74) is 4.93. The van der Waals surface area contributed by atoms with Crippen LogP contribution in [0.2, 0.25) is 0 Å². The Hall–Kier alpha value is -4.00. The van der Waals surface area contributed by atoms with Crippen molar-refractivity contribution in [1.82, 2.24) is 15.1 Å². The van der Waals surface area contributed by atoms with Crippen LogP contribution in [0.5, 0.6) is 17.2 Å². The molecule has 0 aliphatic carbocycles. The number of aromatic hydroxyl groups is 1. The number of phenolic OH excluding ortho intramolecular Hbond substituents is 1. The average molecular weight is 446 g/mol. The number of amides is 1. The summed E-state index contributed by atoms with van der Waals surface area (Å²) in [7, 11) is 1.57. The van der Waals surface area contributed by atoms with Crippen molar-refractivity contribution in [3.63, 3.8) is 0 Å². The highest BCUT2D eigenvalue weighted by Gasteiger charge is 2.42. The van der Waals surface area contributed by atoms with E-state index in [4.69, 9.17) is 9.47 Å². The Morgan fingerprint density at radius 1 is 1.18 bits per heavy atom. The third-order valence-corrected chi connectivity index (χ3v) is 5.75. The van der Waals surface area contributed by atoms with Gasteiger partial charge in [0.15, 0.2) is 11.5 Å². The lowest BCUT2D eigenvalue weighted by molar-refractivity contribution is 0.0764. The van der Waals surface area contributed by atoms with Gasteiger partial charge < -0.3 is 19.5 Å². The van der Waals surface area contributed by atoms with E-state index < -0.39 is 6.04 Å². The van der Waals surface area contributed by atoms with Gasteiger partial charge in [-0.3, -0.25) is 9.89 Å². The SMILES string of the molecule is C=CCOc1ccc(C2c3c(-c4c(C)cc(C)cc4O)n[nH]c3C(=O)N2CC=C)cc1OC. The highest BCUT2D eigenvalue weighted by molar-refractivity contribution is 6.00. The third kappa shape index (κ3) is 3.75. The first-order chi connectivity index (χ1) is 15.9. The number of aryl methyl sites for hydroxylation is 2. The standard InChI is InChI=1S/C26H27N3O4/c1-6-10-29-25(17-8-9-19(33-11-7-2)20(14-17)32-5)22-23(27-28-24(22)26(29)31)21-16(4)12-15(3)13-18(21)30/h6-9,12-14,25,30H,1-2,10-11H2,3-5H3,(H,27,28). The number of phenols is 1. The summed E-state index contributed by atoms with van der Waals surface area (Å²) in [5, 5.41) is 18.1. The van der Waals surface area contributed by atoms with Crippen LogP contribution in [0.3, 0.4) is 0 Å². The number of methoxy groups -OCH3 is 1. The summed E-state index contributed by atoms with van der Waals surface area (Å²) in [6, 6.07) is 8.83. The molecule has 1 atom stereocenters. The summed E-state index contributed by atoms with van der Waals surface area (Å²) >= 11 is 0. The van der Waals surface area contributed by atoms with Crippen LogP contribution in [0.15, 0.2) is 55.6 Å². The molecule has 2 heterocycles. The number of H-pyrrole nitrogens is 1. The number of ether oxygens (including phenoxy) is 2. The number of nitrogens with zero attached hydrogens (tertiary/aromatic N) is 2. The predicted octanol–water partition coefficient (Wildman–Crippen LogP) is 4.70. The average Bonchev–Trinajstić information content (AvgIpc) is 3.31. The van der Waals surface area contributed by atoms with Crippen LogP contribution in [0.4, 0.5) is 0 Å². The molecular weight excluding hydrogens is 418 g/mol. The summed E-state index contributed by atoms with van der Waals surface area (Å²) in [4.78, 5) is 15.0. The van der Waals surface area contributed by atoms with E-state index in [1.54, 1.807) is 30.2 Å². The van der Waals surface area contributed by atoms with Gasteiger partial charge in [-0.2, -0.15) is 5.10 Å². The lowest BCUT2D eigenvalue weighted by atomic mass is 9.93. The van der Waals surface area contributed by atoms with Crippen LogP contribution in [0, 0.1) is 13.8 Å². The Kier molecular flexibility index (Phi) is 5.96. The maximum atomic E-state index is 13.3. The first kappa shape index (κ1) is 22.2. The maximum absolute atomic E-state index is 13.3. The minimum atomic E-state index is -0.443. The Balaban J connectivity index is 1.90. The number of nitrogens with one attached hydrogen (secondary N) is 1. The summed E-state index contributed by atoms with van der Waals surface area (Å²) in [6.45, 7) is 12.0. The largest absolute Gasteiger partial charge is 0.507 e. The Morgan fingerprint density at radius 2 is 1.97 bits per heavy atom. The van der Waals surface area contributed by atoms with Gasteiger partial charge in [0.05, 0.1) is 13.2 Å². The van der Waals surface area contributed by atoms with E-state index in [0.717, 1.165) is 16.7 Å². The van der Waals surface area contributed by atoms with E-state index in [-0.39, 0.29) is 11.7 Å². The van der Waals surface area contributed by atoms with Gasteiger partial charge in [0, 0.05) is 17.7 Å². The van der Waals surface area contributed by atoms with Gasteiger partial charge in [-0.25, -0.2) is 0 Å². The number of carbonyl (C=O) groups excluding carboxylic acids is 1. The van der Waals surface area contributed by atoms with Crippen molar-refractivity contribution < 1.29 is 19.4 Å². The number of carbonyl (C=O) groups is 1. The van der Waals surface area contributed by atoms with Gasteiger partial charge in [-0.1, -0.05) is 30.9 Å². The fourth-order valence-corrected chi connectivity index (χ4v) is 4.44. The zero-order valence-electron chi connectivity index (χ0n) is 19.0. The zero-order chi connectivity index (χ0) is 23.7. The van der Waals surface area contributed by atoms with Crippen LogP contribution in [0.1, 0.15) is 38.8 Å². The molecule has 0 saturated heterocycles. The molecule has 170 valence electrons. The molecule has 7 heteroatoms. The van der Waals surface area contributed by atoms with Gasteiger partial charge in [0.1, 0.15) is 23.7 Å². The van der Waals surface area contributed by atoms with E-state index in [9.17, 15) is 9.90 Å². The van der Waals surface area contributed by atoms with Crippen molar-refractivity contribution in [2.45, 2.75) is 19.9 Å². The minimum Gasteiger partial charge on any atom is -0.507 e. The fraction of sp³-hybridized carbons (Fsp3) is 0.231. The first-order valence-electron chi connectivity index (χ1n) is 10.6. The van der Waals surface area contributed by atoms with Crippen LogP contribution in [-0.2, 0) is 0 Å². The lowest BCUT2D eigenvalue weighted by Gasteiger charge is -2.26. The molecule has 33 heavy (non-hydrogen) atoms. The molecule has 7 nitrogen and oxygen atoms in total. The van der Waals surface area contributed by atoms with Crippen LogP contribution >= 0.6 is 0 Å². The number of fused-ring (bicyclic) bond motifs is 1. The van der Waals surface area contributed by atoms with E-state index in [1.807, 2.05) is 38.1 Å². The van der Waals surface area contributed by atoms with E-state index in [0.29, 0.717) is 47.2 Å². The number of aromatic nitrogens is 2. The molecule has 0 fully saturated rings. The van der Waals surface area contributed by atoms with E-state index >= 15 is 0 Å². The smallest absolute Gasteiger partial charge is 0.273 e. The number of aromatic amines is 1. The quantitative estimate of drug-likeness (QED) is 0.491. The third-order valence-electron chi connectivity index (χ3n) is 5.75. The number of hydrogen-bond acceptors (Lipinski definition) is 5. The second-order valence-electron chi connectivity index (χ2n) is 8.00. The highest BCUT2D eigenvalue weighted by atomic mass is 16.5. The van der Waals surface area contributed by atoms with Crippen molar-refractivity contribution >= 4 is 5.91 Å². The van der Waals surface area contributed by atoms with E-state index in [2.05, 4.69) is 23.4 Å². The normalized spacial score (nSPS) is 14.8. The Labute approximate surface area is 193 Å². The van der Waals surface area contributed by atoms with Crippen LogP contribution in [0.25, 0.3) is 11.3 Å². The van der Waals surface area contributed by atoms with Crippen molar-refractivity contribution in [2.75, 3.05) is 20.3 Å². The van der Waals surface area contributed by atoms with Gasteiger partial charge in [-0.15, -0.1) is 6.58 Å². The van der Waals surface area contributed by atoms with Crippen LogP contribution in [-0.4, -0.2) is 46.4 Å². The molecule has 0 bridgehead atoms. The molecular formula is C26H27N3O4. The topological polar surface area (TPSA) is 87.7 Å². The highest BCUT2D eigenvalue weighted by Crippen LogP contribution is 2.46. The van der Waals surface area contributed by atoms with Gasteiger partial charge in [0.25, 0.3) is 5.91 Å². The lowest BCUT2D eigenvalue weighted by Crippen LogP contribution is -2.29. The second kappa shape index (κ2) is 8.86. The zero-order valence-corrected chi connectivity index (χ0v) is 19.0. The van der Waals surface area contributed by atoms with Crippen molar-refractivity contribution in [3.8, 4) is 28.5 Å². The number of benzene rings is 2. The van der Waals surface area contributed by atoms with Crippen molar-refractivity contribution in [2.24, 2.45) is 0 Å². The van der Waals surface area contributed by atoms with Crippen molar-refractivity contribution in [3.05, 3.63) is 83.6 Å². The minimum absolute atomic E-state index is 0.126. The molecule has 3 aromatic rings. The molecule has 0 radical (unpaired) electrons. The molecule has 0 spiro atoms. The van der Waals surface area contributed by atoms with Gasteiger partial charge >= 0.3 is 0 Å². The van der Waals surface area contributed by atoms with E-state index in [1.165, 1.54) is 0 Å². The molecule has 0 saturated carbocycles. The first-order valence-corrected chi connectivity index (χ1v) is 10.6. The molecule has 1 aliphatic rings. The summed E-state index contributed by atoms with van der Waals surface area (Å²) < 4.78 is 11.2. The molecule has 1 aromatic heterocycles. The monoisotopic (exact) mass is 445 g/mol. The molecule has 1 unspecified atom stereocenters. The molecule has 2 aromatic carbocycles. The van der Waals surface area contributed by atoms with Gasteiger partial charge in [-0.05, 0) is 48.7 Å². The summed E-state index contributed by atoms with van der Waals surface area (Å²) in [5.74, 6) is 1.08. The summed E-state index contributed by atoms with van der Waals surface area (Å²) in [6.07, 6.45) is 3.35. The number of rotatable bonds is 8. The fourth-order valence-electron chi connectivity index (χ4n) is 4.44. The van der Waals surface area contributed by atoms with Gasteiger partial charge in [0.2, 0.25) is 0 Å². The molecule has 1 amide bonds. The molecule has 2 N–H and O–H groups in total. The van der Waals surface area contributed by atoms with Crippen molar-refractivity contribution in [1.29, 1.82) is 0 Å². The Bertz CT molecular complexity index is 1220.